The van der Waals surface area contributed by atoms with Crippen LogP contribution in [-0.2, 0) is 15.1 Å². The maximum absolute atomic E-state index is 5.70. The van der Waals surface area contributed by atoms with Crippen molar-refractivity contribution in [2.24, 2.45) is 0 Å². The van der Waals surface area contributed by atoms with E-state index in [1.807, 2.05) is 24.3 Å². The highest BCUT2D eigenvalue weighted by Gasteiger charge is 2.37. The SMILES string of the molecule is COc1cccc(Nc2n[nH]c(C3(OC)CCOCC3)n2)c1. The van der Waals surface area contributed by atoms with Crippen LogP contribution in [0.3, 0.4) is 0 Å². The molecule has 7 nitrogen and oxygen atoms in total. The van der Waals surface area contributed by atoms with Crippen LogP contribution in [0.5, 0.6) is 5.75 Å². The van der Waals surface area contributed by atoms with Crippen molar-refractivity contribution in [2.45, 2.75) is 18.4 Å². The fourth-order valence-corrected chi connectivity index (χ4v) is 2.59. The number of benzene rings is 1. The number of aromatic nitrogens is 3. The number of aromatic amines is 1. The predicted molar refractivity (Wildman–Crippen MR) is 81.4 cm³/mol. The van der Waals surface area contributed by atoms with Crippen LogP contribution in [0.25, 0.3) is 0 Å². The zero-order valence-corrected chi connectivity index (χ0v) is 12.8. The first kappa shape index (κ1) is 14.8. The zero-order chi connectivity index (χ0) is 15.4. The standard InChI is InChI=1S/C15H20N4O3/c1-20-12-5-3-4-11(10-12)16-14-17-13(18-19-14)15(21-2)6-8-22-9-7-15/h3-5,10H,6-9H2,1-2H3,(H2,16,17,18,19). The van der Waals surface area contributed by atoms with Crippen molar-refractivity contribution in [3.8, 4) is 5.75 Å². The van der Waals surface area contributed by atoms with E-state index in [1.165, 1.54) is 0 Å². The van der Waals surface area contributed by atoms with Crippen LogP contribution in [0.2, 0.25) is 0 Å². The molecule has 1 aromatic heterocycles. The Labute approximate surface area is 129 Å². The number of ether oxygens (including phenoxy) is 3. The van der Waals surface area contributed by atoms with Crippen LogP contribution in [0, 0.1) is 0 Å². The van der Waals surface area contributed by atoms with Gasteiger partial charge in [-0.1, -0.05) is 6.07 Å². The van der Waals surface area contributed by atoms with E-state index in [1.54, 1.807) is 14.2 Å². The first-order valence-corrected chi connectivity index (χ1v) is 7.22. The molecule has 0 aliphatic carbocycles. The second-order valence-electron chi connectivity index (χ2n) is 5.18. The van der Waals surface area contributed by atoms with Gasteiger partial charge in [-0.05, 0) is 12.1 Å². The Kier molecular flexibility index (Phi) is 4.26. The topological polar surface area (TPSA) is 81.3 Å². The van der Waals surface area contributed by atoms with Gasteiger partial charge in [0.1, 0.15) is 11.4 Å². The third kappa shape index (κ3) is 2.90. The quantitative estimate of drug-likeness (QED) is 0.881. The average molecular weight is 304 g/mol. The highest BCUT2D eigenvalue weighted by Crippen LogP contribution is 2.33. The predicted octanol–water partition coefficient (Wildman–Crippen LogP) is 2.21. The van der Waals surface area contributed by atoms with Crippen molar-refractivity contribution in [3.63, 3.8) is 0 Å². The average Bonchev–Trinajstić information content (AvgIpc) is 3.04. The Balaban J connectivity index is 1.78. The van der Waals surface area contributed by atoms with E-state index in [4.69, 9.17) is 14.2 Å². The van der Waals surface area contributed by atoms with Gasteiger partial charge in [0.15, 0.2) is 5.82 Å². The van der Waals surface area contributed by atoms with Gasteiger partial charge in [0.2, 0.25) is 5.95 Å². The van der Waals surface area contributed by atoms with E-state index in [0.717, 1.165) is 30.1 Å². The molecule has 0 unspecified atom stereocenters. The van der Waals surface area contributed by atoms with E-state index in [0.29, 0.717) is 19.2 Å². The minimum atomic E-state index is -0.445. The van der Waals surface area contributed by atoms with Crippen LogP contribution in [0.15, 0.2) is 24.3 Å². The number of hydrogen-bond acceptors (Lipinski definition) is 6. The van der Waals surface area contributed by atoms with Gasteiger partial charge < -0.3 is 19.5 Å². The van der Waals surface area contributed by atoms with Crippen LogP contribution >= 0.6 is 0 Å². The summed E-state index contributed by atoms with van der Waals surface area (Å²) in [4.78, 5) is 4.53. The third-order valence-corrected chi connectivity index (χ3v) is 3.93. The molecule has 22 heavy (non-hydrogen) atoms. The van der Waals surface area contributed by atoms with E-state index < -0.39 is 5.60 Å². The minimum Gasteiger partial charge on any atom is -0.497 e. The van der Waals surface area contributed by atoms with E-state index in [9.17, 15) is 0 Å². The highest BCUT2D eigenvalue weighted by atomic mass is 16.5. The summed E-state index contributed by atoms with van der Waals surface area (Å²) in [7, 11) is 3.33. The van der Waals surface area contributed by atoms with E-state index in [2.05, 4.69) is 20.5 Å². The molecule has 1 fully saturated rings. The Morgan fingerprint density at radius 2 is 2.09 bits per heavy atom. The second kappa shape index (κ2) is 6.33. The lowest BCUT2D eigenvalue weighted by Crippen LogP contribution is -2.36. The second-order valence-corrected chi connectivity index (χ2v) is 5.18. The molecule has 7 heteroatoms. The van der Waals surface area contributed by atoms with Crippen molar-refractivity contribution in [1.29, 1.82) is 0 Å². The summed E-state index contributed by atoms with van der Waals surface area (Å²) in [5.74, 6) is 2.01. The lowest BCUT2D eigenvalue weighted by molar-refractivity contribution is -0.0997. The summed E-state index contributed by atoms with van der Waals surface area (Å²) in [6.07, 6.45) is 1.52. The van der Waals surface area contributed by atoms with Gasteiger partial charge in [-0.3, -0.25) is 5.10 Å². The number of nitrogens with one attached hydrogen (secondary N) is 2. The van der Waals surface area contributed by atoms with Crippen molar-refractivity contribution in [1.82, 2.24) is 15.2 Å². The number of H-pyrrole nitrogens is 1. The molecule has 0 saturated carbocycles. The van der Waals surface area contributed by atoms with E-state index in [-0.39, 0.29) is 0 Å². The fourth-order valence-electron chi connectivity index (χ4n) is 2.59. The first-order chi connectivity index (χ1) is 10.8. The molecule has 1 aromatic carbocycles. The maximum atomic E-state index is 5.70. The summed E-state index contributed by atoms with van der Waals surface area (Å²) in [6.45, 7) is 1.32. The third-order valence-electron chi connectivity index (χ3n) is 3.93. The molecule has 0 atom stereocenters. The van der Waals surface area contributed by atoms with Crippen LogP contribution in [0.1, 0.15) is 18.7 Å². The van der Waals surface area contributed by atoms with Gasteiger partial charge in [-0.2, -0.15) is 4.98 Å². The number of rotatable bonds is 5. The highest BCUT2D eigenvalue weighted by molar-refractivity contribution is 5.55. The number of methoxy groups -OCH3 is 2. The summed E-state index contributed by atoms with van der Waals surface area (Å²) < 4.78 is 16.3. The normalized spacial score (nSPS) is 17.2. The largest absolute Gasteiger partial charge is 0.497 e. The van der Waals surface area contributed by atoms with E-state index >= 15 is 0 Å². The van der Waals surface area contributed by atoms with Gasteiger partial charge in [-0.25, -0.2) is 0 Å². The van der Waals surface area contributed by atoms with Gasteiger partial charge in [-0.15, -0.1) is 5.10 Å². The van der Waals surface area contributed by atoms with Crippen LogP contribution < -0.4 is 10.1 Å². The molecule has 2 heterocycles. The van der Waals surface area contributed by atoms with Crippen LogP contribution in [-0.4, -0.2) is 42.6 Å². The van der Waals surface area contributed by atoms with Gasteiger partial charge in [0.05, 0.1) is 7.11 Å². The van der Waals surface area contributed by atoms with Gasteiger partial charge >= 0.3 is 0 Å². The molecular formula is C15H20N4O3. The molecule has 1 aliphatic heterocycles. The molecule has 1 aliphatic rings. The molecule has 2 aromatic rings. The van der Waals surface area contributed by atoms with Crippen molar-refractivity contribution < 1.29 is 14.2 Å². The molecular weight excluding hydrogens is 284 g/mol. The molecule has 0 spiro atoms. The molecule has 0 radical (unpaired) electrons. The molecule has 118 valence electrons. The monoisotopic (exact) mass is 304 g/mol. The molecule has 3 rings (SSSR count). The number of anilines is 2. The van der Waals surface area contributed by atoms with Gasteiger partial charge in [0, 0.05) is 44.9 Å². The minimum absolute atomic E-state index is 0.445. The van der Waals surface area contributed by atoms with Gasteiger partial charge in [0.25, 0.3) is 0 Å². The summed E-state index contributed by atoms with van der Waals surface area (Å²) in [5, 5.41) is 10.4. The Hall–Kier alpha value is -2.12. The number of hydrogen-bond donors (Lipinski definition) is 2. The Bertz CT molecular complexity index is 623. The van der Waals surface area contributed by atoms with Crippen molar-refractivity contribution in [2.75, 3.05) is 32.8 Å². The smallest absolute Gasteiger partial charge is 0.246 e. The summed E-state index contributed by atoms with van der Waals surface area (Å²) in [5.41, 5.74) is 0.419. The number of nitrogens with zero attached hydrogens (tertiary/aromatic N) is 2. The molecule has 0 bridgehead atoms. The maximum Gasteiger partial charge on any atom is 0.246 e. The fraction of sp³-hybridized carbons (Fsp3) is 0.467. The summed E-state index contributed by atoms with van der Waals surface area (Å²) in [6, 6.07) is 7.61. The van der Waals surface area contributed by atoms with Crippen molar-refractivity contribution >= 4 is 11.6 Å². The molecule has 1 saturated heterocycles. The first-order valence-electron chi connectivity index (χ1n) is 7.22. The van der Waals surface area contributed by atoms with Crippen molar-refractivity contribution in [3.05, 3.63) is 30.1 Å². The Morgan fingerprint density at radius 3 is 2.82 bits per heavy atom. The molecule has 0 amide bonds. The zero-order valence-electron chi connectivity index (χ0n) is 12.8. The molecule has 2 N–H and O–H groups in total. The lowest BCUT2D eigenvalue weighted by Gasteiger charge is -2.33. The summed E-state index contributed by atoms with van der Waals surface area (Å²) >= 11 is 0. The lowest BCUT2D eigenvalue weighted by atomic mass is 9.93. The van der Waals surface area contributed by atoms with Crippen LogP contribution in [0.4, 0.5) is 11.6 Å². The Morgan fingerprint density at radius 1 is 1.27 bits per heavy atom.